The van der Waals surface area contributed by atoms with Crippen molar-refractivity contribution in [2.75, 3.05) is 0 Å². The maximum atomic E-state index is 11.8. The summed E-state index contributed by atoms with van der Waals surface area (Å²) in [5.74, 6) is 0.569. The second kappa shape index (κ2) is 4.66. The largest absolute Gasteiger partial charge is 0.326 e. The van der Waals surface area contributed by atoms with Gasteiger partial charge in [-0.3, -0.25) is 4.79 Å². The number of hydrogen-bond donors (Lipinski definition) is 2. The summed E-state index contributed by atoms with van der Waals surface area (Å²) >= 11 is 0. The summed E-state index contributed by atoms with van der Waals surface area (Å²) in [4.78, 5) is 18.9. The van der Waals surface area contributed by atoms with Crippen LogP contribution in [0.15, 0.2) is 53.5 Å². The van der Waals surface area contributed by atoms with Gasteiger partial charge in [-0.1, -0.05) is 42.5 Å². The van der Waals surface area contributed by atoms with E-state index >= 15 is 0 Å². The van der Waals surface area contributed by atoms with E-state index < -0.39 is 0 Å². The number of fused-ring (bicyclic) bond motifs is 1. The van der Waals surface area contributed by atoms with Gasteiger partial charge in [-0.05, 0) is 10.8 Å². The molecule has 0 amide bonds. The molecule has 0 saturated carbocycles. The Morgan fingerprint density at radius 2 is 1.89 bits per heavy atom. The van der Waals surface area contributed by atoms with Gasteiger partial charge >= 0.3 is 0 Å². The van der Waals surface area contributed by atoms with E-state index in [-0.39, 0.29) is 12.1 Å². The van der Waals surface area contributed by atoms with Crippen LogP contribution in [0.4, 0.5) is 0 Å². The normalized spacial score (nSPS) is 10.8. The zero-order valence-electron chi connectivity index (χ0n) is 10.3. The van der Waals surface area contributed by atoms with Crippen molar-refractivity contribution >= 4 is 10.8 Å². The number of hydrogen-bond acceptors (Lipinski definition) is 3. The number of nitrogens with two attached hydrogens (primary N) is 1. The molecular weight excluding hydrogens is 238 g/mol. The topological polar surface area (TPSA) is 71.8 Å². The van der Waals surface area contributed by atoms with Gasteiger partial charge in [0.15, 0.2) is 0 Å². The van der Waals surface area contributed by atoms with Gasteiger partial charge in [0.1, 0.15) is 5.82 Å². The lowest BCUT2D eigenvalue weighted by atomic mass is 10.0. The minimum atomic E-state index is -0.180. The summed E-state index contributed by atoms with van der Waals surface area (Å²) < 4.78 is 0. The van der Waals surface area contributed by atoms with E-state index in [0.29, 0.717) is 11.4 Å². The fourth-order valence-electron chi connectivity index (χ4n) is 2.14. The molecular formula is C15H13N3O. The first-order valence-corrected chi connectivity index (χ1v) is 6.06. The summed E-state index contributed by atoms with van der Waals surface area (Å²) in [6, 6.07) is 13.9. The fraction of sp³-hybridized carbons (Fsp3) is 0.0667. The van der Waals surface area contributed by atoms with Crippen LogP contribution in [0.1, 0.15) is 5.56 Å². The third kappa shape index (κ3) is 2.02. The Hall–Kier alpha value is -2.46. The van der Waals surface area contributed by atoms with E-state index in [1.165, 1.54) is 6.20 Å². The summed E-state index contributed by atoms with van der Waals surface area (Å²) in [5.41, 5.74) is 6.70. The fourth-order valence-corrected chi connectivity index (χ4v) is 2.14. The standard InChI is InChI=1S/C15H13N3O/c16-8-11-9-17-14(18-15(11)19)13-7-3-5-10-4-1-2-6-12(10)13/h1-7,9H,8,16H2,(H,17,18,19). The van der Waals surface area contributed by atoms with Crippen LogP contribution >= 0.6 is 0 Å². The van der Waals surface area contributed by atoms with E-state index in [0.717, 1.165) is 16.3 Å². The Labute approximate surface area is 109 Å². The first kappa shape index (κ1) is 11.6. The van der Waals surface area contributed by atoms with Gasteiger partial charge in [0.05, 0.1) is 0 Å². The summed E-state index contributed by atoms with van der Waals surface area (Å²) in [6.45, 7) is 0.193. The minimum Gasteiger partial charge on any atom is -0.326 e. The average molecular weight is 251 g/mol. The SMILES string of the molecule is NCc1cnc(-c2cccc3ccccc23)[nH]c1=O. The van der Waals surface area contributed by atoms with E-state index in [2.05, 4.69) is 9.97 Å². The van der Waals surface area contributed by atoms with Crippen LogP contribution in [0.5, 0.6) is 0 Å². The van der Waals surface area contributed by atoms with Gasteiger partial charge in [-0.2, -0.15) is 0 Å². The molecule has 0 aliphatic carbocycles. The lowest BCUT2D eigenvalue weighted by Gasteiger charge is -2.06. The van der Waals surface area contributed by atoms with Crippen molar-refractivity contribution in [3.63, 3.8) is 0 Å². The van der Waals surface area contributed by atoms with E-state index in [1.807, 2.05) is 42.5 Å². The highest BCUT2D eigenvalue weighted by Crippen LogP contribution is 2.25. The van der Waals surface area contributed by atoms with Crippen molar-refractivity contribution in [3.8, 4) is 11.4 Å². The maximum Gasteiger partial charge on any atom is 0.255 e. The molecule has 0 atom stereocenters. The molecule has 0 unspecified atom stereocenters. The number of benzene rings is 2. The molecule has 4 nitrogen and oxygen atoms in total. The van der Waals surface area contributed by atoms with Crippen LogP contribution in [0.3, 0.4) is 0 Å². The van der Waals surface area contributed by atoms with Crippen LogP contribution in [0, 0.1) is 0 Å². The predicted octanol–water partition coefficient (Wildman–Crippen LogP) is 2.05. The Bertz CT molecular complexity index is 787. The van der Waals surface area contributed by atoms with Crippen molar-refractivity contribution in [1.82, 2.24) is 9.97 Å². The summed E-state index contributed by atoms with van der Waals surface area (Å²) in [7, 11) is 0. The molecule has 1 aromatic heterocycles. The molecule has 0 bridgehead atoms. The van der Waals surface area contributed by atoms with Gasteiger partial charge < -0.3 is 10.7 Å². The molecule has 19 heavy (non-hydrogen) atoms. The molecule has 0 saturated heterocycles. The zero-order chi connectivity index (χ0) is 13.2. The molecule has 1 heterocycles. The van der Waals surface area contributed by atoms with Crippen LogP contribution < -0.4 is 11.3 Å². The van der Waals surface area contributed by atoms with Crippen LogP contribution in [0.2, 0.25) is 0 Å². The number of rotatable bonds is 2. The Balaban J connectivity index is 2.25. The number of aromatic nitrogens is 2. The highest BCUT2D eigenvalue weighted by atomic mass is 16.1. The molecule has 0 aliphatic heterocycles. The van der Waals surface area contributed by atoms with Crippen molar-refractivity contribution in [2.24, 2.45) is 5.73 Å². The smallest absolute Gasteiger partial charge is 0.255 e. The molecule has 4 heteroatoms. The van der Waals surface area contributed by atoms with Crippen molar-refractivity contribution in [2.45, 2.75) is 6.54 Å². The third-order valence-electron chi connectivity index (χ3n) is 3.14. The lowest BCUT2D eigenvalue weighted by molar-refractivity contribution is 0.980. The second-order valence-electron chi connectivity index (χ2n) is 4.32. The maximum absolute atomic E-state index is 11.8. The van der Waals surface area contributed by atoms with Crippen LogP contribution in [0.25, 0.3) is 22.2 Å². The molecule has 3 rings (SSSR count). The molecule has 0 radical (unpaired) electrons. The van der Waals surface area contributed by atoms with E-state index in [9.17, 15) is 4.79 Å². The monoisotopic (exact) mass is 251 g/mol. The van der Waals surface area contributed by atoms with Crippen LogP contribution in [-0.2, 0) is 6.54 Å². The highest BCUT2D eigenvalue weighted by Gasteiger charge is 2.06. The third-order valence-corrected chi connectivity index (χ3v) is 3.14. The number of nitrogens with zero attached hydrogens (tertiary/aromatic N) is 1. The molecule has 3 aromatic rings. The Morgan fingerprint density at radius 1 is 1.11 bits per heavy atom. The van der Waals surface area contributed by atoms with Gasteiger partial charge in [0, 0.05) is 23.9 Å². The summed E-state index contributed by atoms with van der Waals surface area (Å²) in [6.07, 6.45) is 1.54. The van der Waals surface area contributed by atoms with Gasteiger partial charge in [-0.15, -0.1) is 0 Å². The first-order valence-electron chi connectivity index (χ1n) is 6.06. The van der Waals surface area contributed by atoms with E-state index in [4.69, 9.17) is 5.73 Å². The zero-order valence-corrected chi connectivity index (χ0v) is 10.3. The van der Waals surface area contributed by atoms with Gasteiger partial charge in [-0.25, -0.2) is 4.98 Å². The highest BCUT2D eigenvalue weighted by molar-refractivity contribution is 5.94. The minimum absolute atomic E-state index is 0.180. The number of H-pyrrole nitrogens is 1. The molecule has 0 aliphatic rings. The van der Waals surface area contributed by atoms with Crippen molar-refractivity contribution in [1.29, 1.82) is 0 Å². The Morgan fingerprint density at radius 3 is 2.68 bits per heavy atom. The molecule has 0 spiro atoms. The molecule has 2 aromatic carbocycles. The lowest BCUT2D eigenvalue weighted by Crippen LogP contribution is -2.17. The molecule has 3 N–H and O–H groups in total. The predicted molar refractivity (Wildman–Crippen MR) is 75.7 cm³/mol. The molecule has 94 valence electrons. The second-order valence-corrected chi connectivity index (χ2v) is 4.32. The van der Waals surface area contributed by atoms with Gasteiger partial charge in [0.2, 0.25) is 0 Å². The van der Waals surface area contributed by atoms with Crippen molar-refractivity contribution < 1.29 is 0 Å². The number of aromatic amines is 1. The van der Waals surface area contributed by atoms with Crippen molar-refractivity contribution in [3.05, 3.63) is 64.6 Å². The average Bonchev–Trinajstić information content (AvgIpc) is 2.46. The quantitative estimate of drug-likeness (QED) is 0.732. The van der Waals surface area contributed by atoms with E-state index in [1.54, 1.807) is 0 Å². The number of nitrogens with one attached hydrogen (secondary N) is 1. The van der Waals surface area contributed by atoms with Crippen LogP contribution in [-0.4, -0.2) is 9.97 Å². The van der Waals surface area contributed by atoms with Gasteiger partial charge in [0.25, 0.3) is 5.56 Å². The first-order chi connectivity index (χ1) is 9.29. The Kier molecular flexibility index (Phi) is 2.85. The molecule has 0 fully saturated rings. The summed E-state index contributed by atoms with van der Waals surface area (Å²) in [5, 5.41) is 2.18.